The maximum Gasteiger partial charge on any atom is 0.357 e. The van der Waals surface area contributed by atoms with Gasteiger partial charge in [0.25, 0.3) is 0 Å². The van der Waals surface area contributed by atoms with Gasteiger partial charge in [-0.25, -0.2) is 14.8 Å². The lowest BCUT2D eigenvalue weighted by atomic mass is 10.4. The number of ether oxygens (including phenoxy) is 1. The number of esters is 1. The van der Waals surface area contributed by atoms with Gasteiger partial charge in [0.1, 0.15) is 0 Å². The Kier molecular flexibility index (Phi) is 3.93. The second-order valence-electron chi connectivity index (χ2n) is 3.61. The fraction of sp³-hybridized carbons (Fsp3) is 0.364. The lowest BCUT2D eigenvalue weighted by Gasteiger charge is -1.98. The summed E-state index contributed by atoms with van der Waals surface area (Å²) in [6.45, 7) is 4.49. The number of aryl methyl sites for hydroxylation is 2. The van der Waals surface area contributed by atoms with Crippen LogP contribution in [-0.4, -0.2) is 23.0 Å². The van der Waals surface area contributed by atoms with Crippen molar-refractivity contribution in [2.45, 2.75) is 20.4 Å². The van der Waals surface area contributed by atoms with E-state index in [0.717, 1.165) is 19.9 Å². The lowest BCUT2D eigenvalue weighted by Crippen LogP contribution is -2.04. The Morgan fingerprint density at radius 2 is 2.22 bits per heavy atom. The molecular formula is C11H13N3O2S2. The third kappa shape index (κ3) is 2.85. The minimum Gasteiger partial charge on any atom is -0.464 e. The van der Waals surface area contributed by atoms with E-state index < -0.39 is 5.97 Å². The number of nitrogens with one attached hydrogen (secondary N) is 1. The van der Waals surface area contributed by atoms with Gasteiger partial charge in [-0.2, -0.15) is 0 Å². The minimum absolute atomic E-state index is 0.380. The Morgan fingerprint density at radius 1 is 1.44 bits per heavy atom. The highest BCUT2D eigenvalue weighted by molar-refractivity contribution is 7.15. The molecule has 0 saturated carbocycles. The van der Waals surface area contributed by atoms with Crippen LogP contribution in [0.2, 0.25) is 0 Å². The largest absolute Gasteiger partial charge is 0.464 e. The third-order valence-electron chi connectivity index (χ3n) is 2.26. The average molecular weight is 283 g/mol. The highest BCUT2D eigenvalue weighted by Gasteiger charge is 2.15. The van der Waals surface area contributed by atoms with Gasteiger partial charge in [0.2, 0.25) is 0 Å². The van der Waals surface area contributed by atoms with E-state index in [1.54, 1.807) is 11.3 Å². The molecule has 0 spiro atoms. The average Bonchev–Trinajstić information content (AvgIpc) is 2.92. The zero-order valence-corrected chi connectivity index (χ0v) is 11.9. The summed E-state index contributed by atoms with van der Waals surface area (Å²) in [5, 5.41) is 4.94. The molecule has 0 bridgehead atoms. The van der Waals surface area contributed by atoms with Crippen LogP contribution in [0.4, 0.5) is 5.13 Å². The van der Waals surface area contributed by atoms with E-state index >= 15 is 0 Å². The van der Waals surface area contributed by atoms with Crippen molar-refractivity contribution >= 4 is 33.8 Å². The Balaban J connectivity index is 2.04. The van der Waals surface area contributed by atoms with Crippen molar-refractivity contribution in [3.63, 3.8) is 0 Å². The van der Waals surface area contributed by atoms with E-state index in [4.69, 9.17) is 0 Å². The van der Waals surface area contributed by atoms with E-state index in [1.807, 2.05) is 20.0 Å². The molecule has 0 fully saturated rings. The molecule has 0 aliphatic rings. The van der Waals surface area contributed by atoms with Crippen molar-refractivity contribution < 1.29 is 9.53 Å². The van der Waals surface area contributed by atoms with Crippen LogP contribution < -0.4 is 5.32 Å². The van der Waals surface area contributed by atoms with Gasteiger partial charge in [0.05, 0.1) is 18.7 Å². The maximum atomic E-state index is 11.4. The van der Waals surface area contributed by atoms with E-state index in [9.17, 15) is 4.79 Å². The summed E-state index contributed by atoms with van der Waals surface area (Å²) in [6, 6.07) is 0. The Labute approximate surface area is 113 Å². The topological polar surface area (TPSA) is 64.1 Å². The van der Waals surface area contributed by atoms with Gasteiger partial charge in [-0.05, 0) is 13.8 Å². The standard InChI is InChI=1S/C11H13N3O2S2/c1-6-9(10(15)16-3)14-11(17-6)13-5-8-4-12-7(2)18-8/h4H,5H2,1-3H3,(H,13,14). The van der Waals surface area contributed by atoms with E-state index in [-0.39, 0.29) is 0 Å². The quantitative estimate of drug-likeness (QED) is 0.874. The number of thiazole rings is 2. The van der Waals surface area contributed by atoms with Crippen LogP contribution in [0.15, 0.2) is 6.20 Å². The highest BCUT2D eigenvalue weighted by Crippen LogP contribution is 2.23. The zero-order chi connectivity index (χ0) is 13.1. The Morgan fingerprint density at radius 3 is 2.83 bits per heavy atom. The van der Waals surface area contributed by atoms with Gasteiger partial charge in [-0.1, -0.05) is 0 Å². The molecule has 7 heteroatoms. The molecular weight excluding hydrogens is 270 g/mol. The van der Waals surface area contributed by atoms with Crippen LogP contribution in [-0.2, 0) is 11.3 Å². The van der Waals surface area contributed by atoms with Gasteiger partial charge in [-0.3, -0.25) is 0 Å². The van der Waals surface area contributed by atoms with Crippen LogP contribution >= 0.6 is 22.7 Å². The number of anilines is 1. The summed E-state index contributed by atoms with van der Waals surface area (Å²) in [6.07, 6.45) is 1.84. The molecule has 0 saturated heterocycles. The summed E-state index contributed by atoms with van der Waals surface area (Å²) in [7, 11) is 1.36. The first-order chi connectivity index (χ1) is 8.60. The van der Waals surface area contributed by atoms with Crippen LogP contribution in [0.3, 0.4) is 0 Å². The van der Waals surface area contributed by atoms with Crippen molar-refractivity contribution in [3.8, 4) is 0 Å². The molecule has 0 amide bonds. The number of nitrogens with zero attached hydrogens (tertiary/aromatic N) is 2. The van der Waals surface area contributed by atoms with Gasteiger partial charge in [0, 0.05) is 16.0 Å². The molecule has 1 N–H and O–H groups in total. The summed E-state index contributed by atoms with van der Waals surface area (Å²) in [5.41, 5.74) is 0.380. The summed E-state index contributed by atoms with van der Waals surface area (Å²) in [4.78, 5) is 21.8. The van der Waals surface area contributed by atoms with Crippen LogP contribution in [0.25, 0.3) is 0 Å². The molecule has 0 atom stereocenters. The molecule has 18 heavy (non-hydrogen) atoms. The molecule has 0 aliphatic carbocycles. The minimum atomic E-state index is -0.398. The molecule has 0 aromatic carbocycles. The highest BCUT2D eigenvalue weighted by atomic mass is 32.1. The fourth-order valence-corrected chi connectivity index (χ4v) is 2.94. The number of methoxy groups -OCH3 is 1. The van der Waals surface area contributed by atoms with Crippen LogP contribution in [0, 0.1) is 13.8 Å². The van der Waals surface area contributed by atoms with Crippen molar-refractivity contribution in [2.75, 3.05) is 12.4 Å². The van der Waals surface area contributed by atoms with E-state index in [1.165, 1.54) is 18.4 Å². The molecule has 5 nitrogen and oxygen atoms in total. The second-order valence-corrected chi connectivity index (χ2v) is 6.14. The third-order valence-corrected chi connectivity index (χ3v) is 4.10. The Bertz CT molecular complexity index is 562. The van der Waals surface area contributed by atoms with Gasteiger partial charge in [0.15, 0.2) is 10.8 Å². The zero-order valence-electron chi connectivity index (χ0n) is 10.3. The normalized spacial score (nSPS) is 10.4. The molecule has 96 valence electrons. The number of rotatable bonds is 4. The predicted octanol–water partition coefficient (Wildman–Crippen LogP) is 2.62. The van der Waals surface area contributed by atoms with E-state index in [0.29, 0.717) is 12.2 Å². The predicted molar refractivity (Wildman–Crippen MR) is 72.4 cm³/mol. The summed E-state index contributed by atoms with van der Waals surface area (Å²) < 4.78 is 4.67. The first-order valence-electron chi connectivity index (χ1n) is 5.31. The maximum absolute atomic E-state index is 11.4. The number of carbonyl (C=O) groups excluding carboxylic acids is 1. The SMILES string of the molecule is COC(=O)c1nc(NCc2cnc(C)s2)sc1C. The molecule has 2 aromatic rings. The summed E-state index contributed by atoms with van der Waals surface area (Å²) >= 11 is 3.09. The van der Waals surface area contributed by atoms with Crippen molar-refractivity contribution in [1.29, 1.82) is 0 Å². The number of aromatic nitrogens is 2. The first-order valence-corrected chi connectivity index (χ1v) is 6.94. The number of hydrogen-bond donors (Lipinski definition) is 1. The molecule has 2 heterocycles. The van der Waals surface area contributed by atoms with Crippen LogP contribution in [0.1, 0.15) is 25.3 Å². The molecule has 2 aromatic heterocycles. The van der Waals surface area contributed by atoms with Crippen molar-refractivity contribution in [3.05, 3.63) is 26.7 Å². The number of carbonyl (C=O) groups is 1. The smallest absolute Gasteiger partial charge is 0.357 e. The van der Waals surface area contributed by atoms with Gasteiger partial charge in [-0.15, -0.1) is 22.7 Å². The monoisotopic (exact) mass is 283 g/mol. The molecule has 0 aliphatic heterocycles. The first kappa shape index (κ1) is 13.0. The summed E-state index contributed by atoms with van der Waals surface area (Å²) in [5.74, 6) is -0.398. The van der Waals surface area contributed by atoms with Crippen LogP contribution in [0.5, 0.6) is 0 Å². The molecule has 0 radical (unpaired) electrons. The lowest BCUT2D eigenvalue weighted by molar-refractivity contribution is 0.0594. The molecule has 0 unspecified atom stereocenters. The molecule has 2 rings (SSSR count). The van der Waals surface area contributed by atoms with Crippen molar-refractivity contribution in [1.82, 2.24) is 9.97 Å². The Hall–Kier alpha value is -1.47. The second kappa shape index (κ2) is 5.45. The van der Waals surface area contributed by atoms with Gasteiger partial charge < -0.3 is 10.1 Å². The fourth-order valence-electron chi connectivity index (χ4n) is 1.41. The number of hydrogen-bond acceptors (Lipinski definition) is 7. The van der Waals surface area contributed by atoms with E-state index in [2.05, 4.69) is 20.0 Å². The van der Waals surface area contributed by atoms with Gasteiger partial charge >= 0.3 is 5.97 Å². The van der Waals surface area contributed by atoms with Crippen molar-refractivity contribution in [2.24, 2.45) is 0 Å².